The Kier molecular flexibility index (Phi) is 6.70. The Morgan fingerprint density at radius 3 is 2.80 bits per heavy atom. The monoisotopic (exact) mass is 278 g/mol. The van der Waals surface area contributed by atoms with Crippen molar-refractivity contribution in [2.75, 3.05) is 30.5 Å². The molecule has 0 atom stereocenters. The van der Waals surface area contributed by atoms with Crippen molar-refractivity contribution < 1.29 is 4.74 Å². The van der Waals surface area contributed by atoms with E-state index in [1.807, 2.05) is 0 Å². The van der Waals surface area contributed by atoms with E-state index in [-0.39, 0.29) is 0 Å². The van der Waals surface area contributed by atoms with Crippen LogP contribution < -0.4 is 16.2 Å². The standard InChI is InChI=1S/C13H22N6O/c1-10(2)8-19(6-4-5-14)13-7-11(18-15)16-12(17-13)9-20-3/h7,10H,4,6,8-9,15H2,1-3H3,(H,16,17,18). The van der Waals surface area contributed by atoms with Gasteiger partial charge in [-0.1, -0.05) is 13.8 Å². The van der Waals surface area contributed by atoms with Crippen molar-refractivity contribution in [2.24, 2.45) is 11.8 Å². The highest BCUT2D eigenvalue weighted by molar-refractivity contribution is 5.49. The number of nitrogens with zero attached hydrogens (tertiary/aromatic N) is 4. The van der Waals surface area contributed by atoms with Gasteiger partial charge in [-0.15, -0.1) is 0 Å². The maximum Gasteiger partial charge on any atom is 0.158 e. The van der Waals surface area contributed by atoms with Gasteiger partial charge in [0.1, 0.15) is 18.2 Å². The molecular weight excluding hydrogens is 256 g/mol. The minimum Gasteiger partial charge on any atom is -0.377 e. The van der Waals surface area contributed by atoms with Crippen molar-refractivity contribution in [3.05, 3.63) is 11.9 Å². The summed E-state index contributed by atoms with van der Waals surface area (Å²) in [4.78, 5) is 10.7. The minimum absolute atomic E-state index is 0.316. The normalized spacial score (nSPS) is 10.4. The van der Waals surface area contributed by atoms with E-state index in [9.17, 15) is 0 Å². The maximum atomic E-state index is 8.77. The third kappa shape index (κ3) is 4.99. The molecule has 1 aromatic heterocycles. The predicted molar refractivity (Wildman–Crippen MR) is 77.8 cm³/mol. The molecule has 0 aromatic carbocycles. The van der Waals surface area contributed by atoms with E-state index in [0.717, 1.165) is 12.4 Å². The van der Waals surface area contributed by atoms with E-state index in [1.54, 1.807) is 13.2 Å². The molecule has 0 bridgehead atoms. The van der Waals surface area contributed by atoms with Gasteiger partial charge >= 0.3 is 0 Å². The zero-order chi connectivity index (χ0) is 15.0. The molecule has 0 radical (unpaired) electrons. The largest absolute Gasteiger partial charge is 0.377 e. The second-order valence-electron chi connectivity index (χ2n) is 4.85. The van der Waals surface area contributed by atoms with Crippen molar-refractivity contribution in [3.8, 4) is 6.07 Å². The first-order valence-electron chi connectivity index (χ1n) is 6.56. The Labute approximate surface area is 119 Å². The van der Waals surface area contributed by atoms with Crippen LogP contribution in [-0.4, -0.2) is 30.2 Å². The fourth-order valence-corrected chi connectivity index (χ4v) is 1.84. The number of ether oxygens (including phenoxy) is 1. The molecule has 0 aliphatic carbocycles. The fraction of sp³-hybridized carbons (Fsp3) is 0.615. The molecule has 1 aromatic rings. The van der Waals surface area contributed by atoms with E-state index in [0.29, 0.717) is 37.1 Å². The van der Waals surface area contributed by atoms with E-state index in [1.165, 1.54) is 0 Å². The van der Waals surface area contributed by atoms with E-state index >= 15 is 0 Å². The highest BCUT2D eigenvalue weighted by Gasteiger charge is 2.13. The molecule has 0 fully saturated rings. The Hall–Kier alpha value is -1.91. The molecule has 110 valence electrons. The summed E-state index contributed by atoms with van der Waals surface area (Å²) in [6, 6.07) is 3.94. The van der Waals surface area contributed by atoms with Crippen molar-refractivity contribution in [1.82, 2.24) is 9.97 Å². The summed E-state index contributed by atoms with van der Waals surface area (Å²) in [7, 11) is 1.59. The van der Waals surface area contributed by atoms with Gasteiger partial charge in [-0.05, 0) is 5.92 Å². The van der Waals surface area contributed by atoms with Gasteiger partial charge in [-0.25, -0.2) is 15.8 Å². The predicted octanol–water partition coefficient (Wildman–Crippen LogP) is 1.28. The van der Waals surface area contributed by atoms with Crippen LogP contribution in [0, 0.1) is 17.2 Å². The summed E-state index contributed by atoms with van der Waals surface area (Å²) < 4.78 is 5.06. The summed E-state index contributed by atoms with van der Waals surface area (Å²) in [5.74, 6) is 7.74. The van der Waals surface area contributed by atoms with Crippen LogP contribution in [-0.2, 0) is 11.3 Å². The summed E-state index contributed by atoms with van der Waals surface area (Å²) in [5, 5.41) is 8.77. The van der Waals surface area contributed by atoms with Gasteiger partial charge in [0.25, 0.3) is 0 Å². The zero-order valence-electron chi connectivity index (χ0n) is 12.3. The molecule has 3 N–H and O–H groups in total. The van der Waals surface area contributed by atoms with Crippen LogP contribution in [0.1, 0.15) is 26.1 Å². The van der Waals surface area contributed by atoms with E-state index in [2.05, 4.69) is 40.2 Å². The minimum atomic E-state index is 0.316. The van der Waals surface area contributed by atoms with Crippen molar-refractivity contribution in [2.45, 2.75) is 26.9 Å². The lowest BCUT2D eigenvalue weighted by Crippen LogP contribution is -2.30. The first kappa shape index (κ1) is 16.1. The number of nitrogens with one attached hydrogen (secondary N) is 1. The lowest BCUT2D eigenvalue weighted by atomic mass is 10.2. The third-order valence-electron chi connectivity index (χ3n) is 2.58. The number of rotatable bonds is 8. The molecule has 0 aliphatic heterocycles. The van der Waals surface area contributed by atoms with E-state index < -0.39 is 0 Å². The number of hydrogen-bond donors (Lipinski definition) is 2. The van der Waals surface area contributed by atoms with E-state index in [4.69, 9.17) is 15.8 Å². The molecule has 1 heterocycles. The fourth-order valence-electron chi connectivity index (χ4n) is 1.84. The van der Waals surface area contributed by atoms with Gasteiger partial charge in [0, 0.05) is 26.3 Å². The number of hydrogen-bond acceptors (Lipinski definition) is 7. The highest BCUT2D eigenvalue weighted by atomic mass is 16.5. The molecular formula is C13H22N6O. The lowest BCUT2D eigenvalue weighted by molar-refractivity contribution is 0.178. The molecule has 0 saturated carbocycles. The van der Waals surface area contributed by atoms with Crippen molar-refractivity contribution >= 4 is 11.6 Å². The van der Waals surface area contributed by atoms with Crippen LogP contribution in [0.3, 0.4) is 0 Å². The second kappa shape index (κ2) is 8.30. The molecule has 20 heavy (non-hydrogen) atoms. The maximum absolute atomic E-state index is 8.77. The average Bonchev–Trinajstić information content (AvgIpc) is 2.43. The molecule has 0 spiro atoms. The first-order valence-corrected chi connectivity index (χ1v) is 6.56. The van der Waals surface area contributed by atoms with Crippen molar-refractivity contribution in [1.29, 1.82) is 5.26 Å². The van der Waals surface area contributed by atoms with Gasteiger partial charge in [0.15, 0.2) is 5.82 Å². The molecule has 7 nitrogen and oxygen atoms in total. The van der Waals surface area contributed by atoms with Gasteiger partial charge in [-0.2, -0.15) is 5.26 Å². The number of nitriles is 1. The van der Waals surface area contributed by atoms with Crippen LogP contribution in [0.4, 0.5) is 11.6 Å². The van der Waals surface area contributed by atoms with Gasteiger partial charge in [0.05, 0.1) is 12.5 Å². The Bertz CT molecular complexity index is 457. The Balaban J connectivity index is 3.03. The number of anilines is 2. The molecule has 0 aliphatic rings. The topological polar surface area (TPSA) is 100 Å². The number of nitrogens with two attached hydrogens (primary N) is 1. The Morgan fingerprint density at radius 2 is 2.25 bits per heavy atom. The van der Waals surface area contributed by atoms with Crippen LogP contribution in [0.25, 0.3) is 0 Å². The van der Waals surface area contributed by atoms with Gasteiger partial charge in [0.2, 0.25) is 0 Å². The number of methoxy groups -OCH3 is 1. The number of hydrazine groups is 1. The molecule has 7 heteroatoms. The molecule has 0 amide bonds. The first-order chi connectivity index (χ1) is 9.60. The average molecular weight is 278 g/mol. The lowest BCUT2D eigenvalue weighted by Gasteiger charge is -2.25. The quantitative estimate of drug-likeness (QED) is 0.545. The van der Waals surface area contributed by atoms with Crippen LogP contribution >= 0.6 is 0 Å². The second-order valence-corrected chi connectivity index (χ2v) is 4.85. The summed E-state index contributed by atoms with van der Waals surface area (Å²) >= 11 is 0. The molecule has 0 unspecified atom stereocenters. The van der Waals surface area contributed by atoms with Crippen molar-refractivity contribution in [3.63, 3.8) is 0 Å². The SMILES string of the molecule is COCc1nc(NN)cc(N(CCC#N)CC(C)C)n1. The van der Waals surface area contributed by atoms with Crippen LogP contribution in [0.15, 0.2) is 6.07 Å². The summed E-state index contributed by atoms with van der Waals surface area (Å²) in [6.07, 6.45) is 0.446. The zero-order valence-corrected chi connectivity index (χ0v) is 12.3. The third-order valence-corrected chi connectivity index (χ3v) is 2.58. The highest BCUT2D eigenvalue weighted by Crippen LogP contribution is 2.17. The smallest absolute Gasteiger partial charge is 0.158 e. The Morgan fingerprint density at radius 1 is 1.50 bits per heavy atom. The van der Waals surface area contributed by atoms with Crippen LogP contribution in [0.5, 0.6) is 0 Å². The summed E-state index contributed by atoms with van der Waals surface area (Å²) in [6.45, 7) is 6.00. The molecule has 0 saturated heterocycles. The summed E-state index contributed by atoms with van der Waals surface area (Å²) in [5.41, 5.74) is 2.53. The number of aromatic nitrogens is 2. The van der Waals surface area contributed by atoms with Gasteiger partial charge in [-0.3, -0.25) is 0 Å². The molecule has 1 rings (SSSR count). The van der Waals surface area contributed by atoms with Gasteiger partial charge < -0.3 is 15.1 Å². The van der Waals surface area contributed by atoms with Crippen LogP contribution in [0.2, 0.25) is 0 Å². The number of nitrogen functional groups attached to an aromatic ring is 1.